The number of hydrogen-bond acceptors (Lipinski definition) is 7. The van der Waals surface area contributed by atoms with Crippen LogP contribution < -0.4 is 0 Å². The molecule has 2 aliphatic heterocycles. The van der Waals surface area contributed by atoms with Gasteiger partial charge < -0.3 is 0 Å². The van der Waals surface area contributed by atoms with Crippen molar-refractivity contribution in [3.8, 4) is 0 Å². The van der Waals surface area contributed by atoms with Crippen LogP contribution in [0.5, 0.6) is 0 Å². The molecule has 10 heteroatoms. The molecule has 2 aliphatic rings. The first-order valence-electron chi connectivity index (χ1n) is 13.8. The van der Waals surface area contributed by atoms with E-state index in [1.807, 2.05) is 66.7 Å². The van der Waals surface area contributed by atoms with Gasteiger partial charge >= 0.3 is 247 Å². The van der Waals surface area contributed by atoms with Gasteiger partial charge in [0.05, 0.1) is 0 Å². The van der Waals surface area contributed by atoms with Gasteiger partial charge in [-0.1, -0.05) is 0 Å². The minimum absolute atomic E-state index is 0.00476. The van der Waals surface area contributed by atoms with Crippen molar-refractivity contribution in [3.63, 3.8) is 0 Å². The standard InChI is InChI=1S/C31H37O8SSe/c1-23-20-41(21-28-27(39-40(32,33)34)19-37-31(38-28)26-15-9-4-10-16-26)22-29(35-17-24-11-5-2-6-12-24)30(23)36-18-25-13-7-3-8-14-25/h2-16,23,27-31H,17-22H2,1H3,(H,32,33,34)/t23-,27-,28+,29+,30+,31?/m1/s1. The van der Waals surface area contributed by atoms with Crippen LogP contribution in [-0.2, 0) is 46.7 Å². The summed E-state index contributed by atoms with van der Waals surface area (Å²) in [7, 11) is -4.67. The Morgan fingerprint density at radius 1 is 0.829 bits per heavy atom. The van der Waals surface area contributed by atoms with Gasteiger partial charge in [0.1, 0.15) is 0 Å². The second kappa shape index (κ2) is 14.4. The van der Waals surface area contributed by atoms with Crippen molar-refractivity contribution >= 4 is 24.3 Å². The predicted octanol–water partition coefficient (Wildman–Crippen LogP) is 5.60. The summed E-state index contributed by atoms with van der Waals surface area (Å²) in [4.78, 5) is 0. The van der Waals surface area contributed by atoms with Crippen molar-refractivity contribution in [2.75, 3.05) is 6.61 Å². The molecule has 0 bridgehead atoms. The first-order chi connectivity index (χ1) is 19.8. The van der Waals surface area contributed by atoms with Gasteiger partial charge in [0.25, 0.3) is 0 Å². The zero-order valence-corrected chi connectivity index (χ0v) is 25.5. The number of ether oxygens (including phenoxy) is 4. The molecule has 0 aliphatic carbocycles. The molecular weight excluding hydrogens is 611 g/mol. The topological polar surface area (TPSA) is 101 Å². The molecule has 0 amide bonds. The average Bonchev–Trinajstić information content (AvgIpc) is 2.97. The molecule has 0 spiro atoms. The zero-order valence-electron chi connectivity index (χ0n) is 23.0. The van der Waals surface area contributed by atoms with Gasteiger partial charge in [-0.25, -0.2) is 0 Å². The van der Waals surface area contributed by atoms with Crippen LogP contribution in [-0.4, -0.2) is 57.9 Å². The Morgan fingerprint density at radius 3 is 2.02 bits per heavy atom. The Kier molecular flexibility index (Phi) is 10.6. The van der Waals surface area contributed by atoms with Crippen LogP contribution in [0.1, 0.15) is 29.9 Å². The summed E-state index contributed by atoms with van der Waals surface area (Å²) >= 11 is -1.38. The quantitative estimate of drug-likeness (QED) is 0.212. The Balaban J connectivity index is 1.30. The fourth-order valence-corrected chi connectivity index (χ4v) is 11.8. The third-order valence-corrected chi connectivity index (χ3v) is 13.2. The molecule has 1 N–H and O–H groups in total. The van der Waals surface area contributed by atoms with Crippen LogP contribution in [0.2, 0.25) is 16.0 Å². The van der Waals surface area contributed by atoms with E-state index in [4.69, 9.17) is 23.1 Å². The van der Waals surface area contributed by atoms with E-state index in [9.17, 15) is 13.0 Å². The average molecular weight is 649 g/mol. The number of benzene rings is 3. The fraction of sp³-hybridized carbons (Fsp3) is 0.419. The summed E-state index contributed by atoms with van der Waals surface area (Å²) in [5, 5.41) is 2.46. The van der Waals surface area contributed by atoms with Gasteiger partial charge in [0.15, 0.2) is 0 Å². The zero-order chi connectivity index (χ0) is 28.7. The van der Waals surface area contributed by atoms with Crippen LogP contribution in [0.4, 0.5) is 0 Å². The van der Waals surface area contributed by atoms with Gasteiger partial charge in [-0.15, -0.1) is 0 Å². The van der Waals surface area contributed by atoms with Crippen molar-refractivity contribution in [1.82, 2.24) is 0 Å². The molecule has 2 fully saturated rings. The van der Waals surface area contributed by atoms with Crippen molar-refractivity contribution in [2.45, 2.75) is 66.8 Å². The van der Waals surface area contributed by atoms with Gasteiger partial charge in [0.2, 0.25) is 0 Å². The fourth-order valence-electron chi connectivity index (χ4n) is 5.31. The summed E-state index contributed by atoms with van der Waals surface area (Å²) in [5.74, 6) is 0.240. The molecule has 2 saturated heterocycles. The van der Waals surface area contributed by atoms with E-state index >= 15 is 0 Å². The number of hydrogen-bond donors (Lipinski definition) is 1. The molecular formula is C31H37O8SSe. The molecule has 2 heterocycles. The van der Waals surface area contributed by atoms with Crippen molar-refractivity contribution in [3.05, 3.63) is 108 Å². The Hall–Kier alpha value is -2.11. The second-order valence-corrected chi connectivity index (χ2v) is 16.2. The van der Waals surface area contributed by atoms with Gasteiger partial charge in [-0.3, -0.25) is 0 Å². The maximum absolute atomic E-state index is 11.6. The van der Waals surface area contributed by atoms with Gasteiger partial charge in [-0.2, -0.15) is 0 Å². The monoisotopic (exact) mass is 649 g/mol. The van der Waals surface area contributed by atoms with E-state index in [0.29, 0.717) is 18.5 Å². The van der Waals surface area contributed by atoms with Crippen LogP contribution in [0, 0.1) is 5.92 Å². The summed E-state index contributed by atoms with van der Waals surface area (Å²) < 4.78 is 62.9. The van der Waals surface area contributed by atoms with Crippen LogP contribution in [0.25, 0.3) is 0 Å². The van der Waals surface area contributed by atoms with E-state index in [0.717, 1.165) is 27.3 Å². The molecule has 8 nitrogen and oxygen atoms in total. The molecule has 1 radical (unpaired) electrons. The Morgan fingerprint density at radius 2 is 1.41 bits per heavy atom. The number of rotatable bonds is 11. The normalized spacial score (nSPS) is 27.5. The van der Waals surface area contributed by atoms with E-state index in [-0.39, 0.29) is 24.7 Å². The molecule has 6 atom stereocenters. The molecule has 41 heavy (non-hydrogen) atoms. The van der Waals surface area contributed by atoms with Crippen LogP contribution in [0.3, 0.4) is 0 Å². The van der Waals surface area contributed by atoms with Gasteiger partial charge in [-0.05, 0) is 0 Å². The Labute approximate surface area is 246 Å². The van der Waals surface area contributed by atoms with Crippen molar-refractivity contribution < 1.29 is 36.1 Å². The SMILES string of the molecule is C[C@@H]1C[Se](C[C@@H]2OC(c3ccccc3)OC[C@H]2OS(=O)(=O)O)C[C@H](OCc2ccccc2)[C@H]1OCc1ccccc1. The molecule has 221 valence electrons. The van der Waals surface area contributed by atoms with E-state index in [1.165, 1.54) is 0 Å². The second-order valence-electron chi connectivity index (χ2n) is 10.5. The third-order valence-electron chi connectivity index (χ3n) is 7.26. The third kappa shape index (κ3) is 8.94. The molecule has 5 rings (SSSR count). The molecule has 1 unspecified atom stereocenters. The summed E-state index contributed by atoms with van der Waals surface area (Å²) in [6.07, 6.45) is -2.30. The van der Waals surface area contributed by atoms with Crippen molar-refractivity contribution in [2.24, 2.45) is 5.92 Å². The van der Waals surface area contributed by atoms with Crippen LogP contribution in [0.15, 0.2) is 91.0 Å². The Bertz CT molecular complexity index is 1310. The molecule has 3 aromatic rings. The van der Waals surface area contributed by atoms with E-state index < -0.39 is 42.8 Å². The first-order valence-corrected chi connectivity index (χ1v) is 18.8. The van der Waals surface area contributed by atoms with E-state index in [1.54, 1.807) is 0 Å². The van der Waals surface area contributed by atoms with E-state index in [2.05, 4.69) is 31.2 Å². The molecule has 3 aromatic carbocycles. The summed E-state index contributed by atoms with van der Waals surface area (Å²) in [5.41, 5.74) is 3.06. The van der Waals surface area contributed by atoms with Crippen molar-refractivity contribution in [1.29, 1.82) is 0 Å². The van der Waals surface area contributed by atoms with Crippen LogP contribution >= 0.6 is 0 Å². The molecule has 0 aromatic heterocycles. The minimum atomic E-state index is -4.67. The maximum atomic E-state index is 11.6. The predicted molar refractivity (Wildman–Crippen MR) is 156 cm³/mol. The van der Waals surface area contributed by atoms with Gasteiger partial charge in [0, 0.05) is 0 Å². The summed E-state index contributed by atoms with van der Waals surface area (Å²) in [6, 6.07) is 29.8. The molecule has 0 saturated carbocycles. The first kappa shape index (κ1) is 30.4. The summed E-state index contributed by atoms with van der Waals surface area (Å²) in [6.45, 7) is 3.20.